The first-order valence-electron chi connectivity index (χ1n) is 5.19. The summed E-state index contributed by atoms with van der Waals surface area (Å²) in [4.78, 5) is 0. The van der Waals surface area contributed by atoms with Crippen LogP contribution in [0.2, 0.25) is 0 Å². The van der Waals surface area contributed by atoms with Crippen LogP contribution < -0.4 is 5.32 Å². The van der Waals surface area contributed by atoms with Crippen molar-refractivity contribution in [3.05, 3.63) is 0 Å². The van der Waals surface area contributed by atoms with Crippen molar-refractivity contribution in [3.63, 3.8) is 0 Å². The highest BCUT2D eigenvalue weighted by Crippen LogP contribution is 2.32. The topological polar surface area (TPSA) is 12.0 Å². The van der Waals surface area contributed by atoms with Crippen molar-refractivity contribution in [2.24, 2.45) is 0 Å². The fourth-order valence-corrected chi connectivity index (χ4v) is 2.26. The Labute approximate surface area is 80.1 Å². The van der Waals surface area contributed by atoms with E-state index in [0.29, 0.717) is 7.92 Å². The van der Waals surface area contributed by atoms with Gasteiger partial charge in [0.05, 0.1) is 0 Å². The number of nitrogens with one attached hydrogen (secondary N) is 1. The summed E-state index contributed by atoms with van der Waals surface area (Å²) >= 11 is 0. The molecule has 0 saturated carbocycles. The monoisotopic (exact) mass is 191 g/mol. The van der Waals surface area contributed by atoms with Crippen LogP contribution in [0.25, 0.3) is 0 Å². The van der Waals surface area contributed by atoms with Crippen molar-refractivity contribution in [1.29, 1.82) is 0 Å². The predicted molar refractivity (Wildman–Crippen MR) is 62.8 cm³/mol. The minimum Gasteiger partial charge on any atom is -0.317 e. The van der Waals surface area contributed by atoms with Gasteiger partial charge in [0.15, 0.2) is 0 Å². The molecule has 0 aliphatic carbocycles. The van der Waals surface area contributed by atoms with E-state index in [2.05, 4.69) is 39.9 Å². The average molecular weight is 191 g/mol. The molecule has 0 radical (unpaired) electrons. The van der Waals surface area contributed by atoms with Gasteiger partial charge in [-0.15, -0.1) is 7.92 Å². The third kappa shape index (κ3) is 13.0. The summed E-state index contributed by atoms with van der Waals surface area (Å²) in [7, 11) is 0.446. The number of hydrogen-bond acceptors (Lipinski definition) is 1. The lowest BCUT2D eigenvalue weighted by atomic mass is 10.7. The van der Waals surface area contributed by atoms with Crippen LogP contribution in [-0.2, 0) is 0 Å². The maximum atomic E-state index is 3.11. The molecule has 0 aromatic heterocycles. The van der Waals surface area contributed by atoms with Gasteiger partial charge in [-0.1, -0.05) is 34.6 Å². The lowest BCUT2D eigenvalue weighted by Crippen LogP contribution is -2.09. The third-order valence-corrected chi connectivity index (χ3v) is 4.52. The quantitative estimate of drug-likeness (QED) is 0.658. The van der Waals surface area contributed by atoms with Crippen LogP contribution in [0.5, 0.6) is 0 Å². The number of rotatable bonds is 5. The molecule has 1 N–H and O–H groups in total. The molecule has 2 heteroatoms. The maximum Gasteiger partial charge on any atom is -0.00775 e. The maximum absolute atomic E-state index is 3.11. The van der Waals surface area contributed by atoms with E-state index in [1.54, 1.807) is 0 Å². The fourth-order valence-electron chi connectivity index (χ4n) is 0.921. The molecule has 76 valence electrons. The zero-order chi connectivity index (χ0) is 9.82. The Kier molecular flexibility index (Phi) is 17.3. The van der Waals surface area contributed by atoms with E-state index < -0.39 is 0 Å². The van der Waals surface area contributed by atoms with Crippen molar-refractivity contribution in [3.8, 4) is 0 Å². The standard InChI is InChI=1S/C6H15P.C4H11N/c1-4-7(5-2)6-3;1-3-5-4-2/h4-6H2,1-3H3;5H,3-4H2,1-2H3. The van der Waals surface area contributed by atoms with Gasteiger partial charge in [-0.2, -0.15) is 0 Å². The molecule has 0 heterocycles. The van der Waals surface area contributed by atoms with E-state index in [4.69, 9.17) is 0 Å². The molecule has 0 spiro atoms. The van der Waals surface area contributed by atoms with Gasteiger partial charge in [-0.3, -0.25) is 0 Å². The summed E-state index contributed by atoms with van der Waals surface area (Å²) < 4.78 is 0. The Balaban J connectivity index is 0. The molecule has 0 saturated heterocycles. The Morgan fingerprint density at radius 2 is 1.08 bits per heavy atom. The first-order valence-corrected chi connectivity index (χ1v) is 7.09. The largest absolute Gasteiger partial charge is 0.317 e. The predicted octanol–water partition coefficient (Wildman–Crippen LogP) is 3.14. The molecule has 0 unspecified atom stereocenters. The molecule has 0 atom stereocenters. The second-order valence-corrected chi connectivity index (χ2v) is 5.82. The van der Waals surface area contributed by atoms with Gasteiger partial charge < -0.3 is 5.32 Å². The van der Waals surface area contributed by atoms with E-state index in [1.807, 2.05) is 0 Å². The van der Waals surface area contributed by atoms with Crippen LogP contribution in [-0.4, -0.2) is 31.6 Å². The Bertz CT molecular complexity index is 55.3. The molecule has 0 rings (SSSR count). The molecule has 0 bridgehead atoms. The average Bonchev–Trinajstić information content (AvgIpc) is 2.10. The van der Waals surface area contributed by atoms with Gasteiger partial charge in [0.1, 0.15) is 0 Å². The zero-order valence-electron chi connectivity index (χ0n) is 9.48. The molecule has 0 amide bonds. The molecular weight excluding hydrogens is 165 g/mol. The van der Waals surface area contributed by atoms with E-state index in [1.165, 1.54) is 18.5 Å². The zero-order valence-corrected chi connectivity index (χ0v) is 10.4. The Morgan fingerprint density at radius 3 is 1.08 bits per heavy atom. The molecule has 0 aliphatic heterocycles. The van der Waals surface area contributed by atoms with Gasteiger partial charge in [0.25, 0.3) is 0 Å². The van der Waals surface area contributed by atoms with Crippen molar-refractivity contribution in [1.82, 2.24) is 5.32 Å². The third-order valence-electron chi connectivity index (χ3n) is 1.84. The summed E-state index contributed by atoms with van der Waals surface area (Å²) in [5, 5.41) is 3.11. The second-order valence-electron chi connectivity index (χ2n) is 2.58. The second kappa shape index (κ2) is 13.9. The lowest BCUT2D eigenvalue weighted by molar-refractivity contribution is 0.762. The van der Waals surface area contributed by atoms with Gasteiger partial charge in [0.2, 0.25) is 0 Å². The molecule has 0 aromatic carbocycles. The van der Waals surface area contributed by atoms with Crippen LogP contribution in [0.15, 0.2) is 0 Å². The molecule has 12 heavy (non-hydrogen) atoms. The number of hydrogen-bond donors (Lipinski definition) is 1. The van der Waals surface area contributed by atoms with E-state index in [9.17, 15) is 0 Å². The van der Waals surface area contributed by atoms with E-state index >= 15 is 0 Å². The van der Waals surface area contributed by atoms with Gasteiger partial charge in [0, 0.05) is 0 Å². The lowest BCUT2D eigenvalue weighted by Gasteiger charge is -2.07. The minimum atomic E-state index is 0.446. The highest BCUT2D eigenvalue weighted by molar-refractivity contribution is 7.57. The van der Waals surface area contributed by atoms with Crippen LogP contribution in [0.4, 0.5) is 0 Å². The Hall–Kier alpha value is 0.390. The van der Waals surface area contributed by atoms with Crippen LogP contribution in [0.3, 0.4) is 0 Å². The highest BCUT2D eigenvalue weighted by Gasteiger charge is 1.94. The van der Waals surface area contributed by atoms with E-state index in [0.717, 1.165) is 13.1 Å². The summed E-state index contributed by atoms with van der Waals surface area (Å²) in [6.07, 6.45) is 4.26. The normalized spacial score (nSPS) is 9.50. The van der Waals surface area contributed by atoms with Crippen LogP contribution in [0, 0.1) is 0 Å². The molecule has 1 nitrogen and oxygen atoms in total. The SMILES string of the molecule is CCNCC.CCP(CC)CC. The molecule has 0 aromatic rings. The smallest absolute Gasteiger partial charge is 0.00775 e. The van der Waals surface area contributed by atoms with Crippen molar-refractivity contribution in [2.75, 3.05) is 31.6 Å². The van der Waals surface area contributed by atoms with Crippen molar-refractivity contribution >= 4 is 7.92 Å². The van der Waals surface area contributed by atoms with Gasteiger partial charge in [-0.05, 0) is 31.6 Å². The highest BCUT2D eigenvalue weighted by atomic mass is 31.1. The van der Waals surface area contributed by atoms with Crippen LogP contribution >= 0.6 is 7.92 Å². The van der Waals surface area contributed by atoms with Crippen molar-refractivity contribution in [2.45, 2.75) is 34.6 Å². The summed E-state index contributed by atoms with van der Waals surface area (Å²) in [6.45, 7) is 13.3. The fraction of sp³-hybridized carbons (Fsp3) is 1.00. The first-order chi connectivity index (χ1) is 5.76. The van der Waals surface area contributed by atoms with Crippen LogP contribution in [0.1, 0.15) is 34.6 Å². The van der Waals surface area contributed by atoms with Gasteiger partial charge in [-0.25, -0.2) is 0 Å². The minimum absolute atomic E-state index is 0.446. The molecule has 0 aliphatic rings. The van der Waals surface area contributed by atoms with Crippen molar-refractivity contribution < 1.29 is 0 Å². The summed E-state index contributed by atoms with van der Waals surface area (Å²) in [5.41, 5.74) is 0. The molecular formula is C10H26NP. The van der Waals surface area contributed by atoms with Gasteiger partial charge >= 0.3 is 0 Å². The Morgan fingerprint density at radius 1 is 0.750 bits per heavy atom. The van der Waals surface area contributed by atoms with E-state index in [-0.39, 0.29) is 0 Å². The first kappa shape index (κ1) is 14.9. The molecule has 0 fully saturated rings. The summed E-state index contributed by atoms with van der Waals surface area (Å²) in [5.74, 6) is 0. The summed E-state index contributed by atoms with van der Waals surface area (Å²) in [6, 6.07) is 0.